The number of piperidine rings is 1. The number of aromatic nitrogens is 1. The van der Waals surface area contributed by atoms with Crippen molar-refractivity contribution in [3.05, 3.63) is 24.5 Å². The lowest BCUT2D eigenvalue weighted by molar-refractivity contribution is 0.228. The van der Waals surface area contributed by atoms with Gasteiger partial charge in [0.15, 0.2) is 0 Å². The first-order chi connectivity index (χ1) is 7.79. The maximum absolute atomic E-state index is 13.6. The molecule has 88 valence electrons. The molecule has 0 aliphatic carbocycles. The van der Waals surface area contributed by atoms with Crippen molar-refractivity contribution in [1.29, 1.82) is 0 Å². The molecule has 0 bridgehead atoms. The fraction of sp³-hybridized carbons (Fsp3) is 0.615. The second-order valence-electron chi connectivity index (χ2n) is 4.60. The highest BCUT2D eigenvalue weighted by Crippen LogP contribution is 2.26. The van der Waals surface area contributed by atoms with Crippen molar-refractivity contribution in [2.75, 3.05) is 18.0 Å². The fourth-order valence-electron chi connectivity index (χ4n) is 2.51. The maximum Gasteiger partial charge on any atom is 0.118 e. The second-order valence-corrected chi connectivity index (χ2v) is 4.60. The summed E-state index contributed by atoms with van der Waals surface area (Å²) >= 11 is 0. The highest BCUT2D eigenvalue weighted by Gasteiger charge is 2.26. The molecule has 3 heteroatoms. The van der Waals surface area contributed by atoms with Gasteiger partial charge in [-0.05, 0) is 30.9 Å². The van der Waals surface area contributed by atoms with Crippen LogP contribution in [0.3, 0.4) is 0 Å². The zero-order chi connectivity index (χ0) is 11.4. The van der Waals surface area contributed by atoms with E-state index < -0.39 is 6.17 Å². The molecule has 0 amide bonds. The predicted molar refractivity (Wildman–Crippen MR) is 64.4 cm³/mol. The van der Waals surface area contributed by atoms with Gasteiger partial charge < -0.3 is 4.90 Å². The Morgan fingerprint density at radius 1 is 1.50 bits per heavy atom. The minimum atomic E-state index is -0.689. The highest BCUT2D eigenvalue weighted by molar-refractivity contribution is 5.44. The Morgan fingerprint density at radius 3 is 3.06 bits per heavy atom. The van der Waals surface area contributed by atoms with Crippen LogP contribution in [0.5, 0.6) is 0 Å². The van der Waals surface area contributed by atoms with E-state index in [4.69, 9.17) is 0 Å². The molecular weight excluding hydrogens is 203 g/mol. The van der Waals surface area contributed by atoms with Gasteiger partial charge in [0.2, 0.25) is 0 Å². The largest absolute Gasteiger partial charge is 0.367 e. The average Bonchev–Trinajstić information content (AvgIpc) is 2.30. The van der Waals surface area contributed by atoms with E-state index in [1.165, 1.54) is 0 Å². The van der Waals surface area contributed by atoms with Gasteiger partial charge in [-0.25, -0.2) is 4.39 Å². The summed E-state index contributed by atoms with van der Waals surface area (Å²) in [5, 5.41) is 0. The Labute approximate surface area is 96.5 Å². The molecule has 1 saturated heterocycles. The third-order valence-electron chi connectivity index (χ3n) is 3.19. The van der Waals surface area contributed by atoms with Crippen LogP contribution in [-0.2, 0) is 0 Å². The summed E-state index contributed by atoms with van der Waals surface area (Å²) in [5.74, 6) is 0.494. The zero-order valence-corrected chi connectivity index (χ0v) is 9.77. The monoisotopic (exact) mass is 222 g/mol. The van der Waals surface area contributed by atoms with Crippen LogP contribution >= 0.6 is 0 Å². The van der Waals surface area contributed by atoms with Crippen LogP contribution in [0, 0.1) is 5.92 Å². The van der Waals surface area contributed by atoms with Gasteiger partial charge >= 0.3 is 0 Å². The number of hydrogen-bond acceptors (Lipinski definition) is 2. The lowest BCUT2D eigenvalue weighted by Gasteiger charge is -2.36. The zero-order valence-electron chi connectivity index (χ0n) is 9.77. The van der Waals surface area contributed by atoms with E-state index in [-0.39, 0.29) is 0 Å². The van der Waals surface area contributed by atoms with Gasteiger partial charge in [0.05, 0.1) is 11.9 Å². The van der Waals surface area contributed by atoms with Crippen LogP contribution in [-0.4, -0.2) is 24.2 Å². The SMILES string of the molecule is CCCC1CC(F)CN(c2cccnc2)C1. The van der Waals surface area contributed by atoms with Gasteiger partial charge in [-0.1, -0.05) is 13.3 Å². The van der Waals surface area contributed by atoms with Crippen LogP contribution in [0.15, 0.2) is 24.5 Å². The molecule has 0 aromatic carbocycles. The molecule has 0 saturated carbocycles. The molecule has 2 nitrogen and oxygen atoms in total. The molecule has 1 aromatic heterocycles. The van der Waals surface area contributed by atoms with Crippen molar-refractivity contribution in [1.82, 2.24) is 4.98 Å². The summed E-state index contributed by atoms with van der Waals surface area (Å²) in [6.07, 6.45) is 5.87. The second kappa shape index (κ2) is 5.28. The van der Waals surface area contributed by atoms with Gasteiger partial charge in [-0.3, -0.25) is 4.98 Å². The fourth-order valence-corrected chi connectivity index (χ4v) is 2.51. The highest BCUT2D eigenvalue weighted by atomic mass is 19.1. The smallest absolute Gasteiger partial charge is 0.118 e. The Kier molecular flexibility index (Phi) is 3.75. The van der Waals surface area contributed by atoms with Crippen LogP contribution < -0.4 is 4.90 Å². The number of halogens is 1. The lowest BCUT2D eigenvalue weighted by atomic mass is 9.92. The van der Waals surface area contributed by atoms with Crippen molar-refractivity contribution in [3.8, 4) is 0 Å². The first-order valence-corrected chi connectivity index (χ1v) is 6.08. The van der Waals surface area contributed by atoms with Crippen LogP contribution in [0.2, 0.25) is 0 Å². The number of nitrogens with zero attached hydrogens (tertiary/aromatic N) is 2. The number of alkyl halides is 1. The summed E-state index contributed by atoms with van der Waals surface area (Å²) in [4.78, 5) is 6.22. The number of rotatable bonds is 3. The Morgan fingerprint density at radius 2 is 2.38 bits per heavy atom. The molecule has 2 atom stereocenters. The van der Waals surface area contributed by atoms with E-state index in [0.717, 1.165) is 31.5 Å². The average molecular weight is 222 g/mol. The van der Waals surface area contributed by atoms with Gasteiger partial charge in [0, 0.05) is 19.3 Å². The Hall–Kier alpha value is -1.12. The molecule has 2 unspecified atom stereocenters. The normalized spacial score (nSPS) is 25.8. The predicted octanol–water partition coefficient (Wildman–Crippen LogP) is 3.05. The number of pyridine rings is 1. The van der Waals surface area contributed by atoms with Crippen LogP contribution in [0.4, 0.5) is 10.1 Å². The van der Waals surface area contributed by atoms with Gasteiger partial charge in [0.25, 0.3) is 0 Å². The molecular formula is C13H19FN2. The van der Waals surface area contributed by atoms with Crippen molar-refractivity contribution in [3.63, 3.8) is 0 Å². The summed E-state index contributed by atoms with van der Waals surface area (Å²) in [5.41, 5.74) is 1.05. The van der Waals surface area contributed by atoms with Crippen LogP contribution in [0.1, 0.15) is 26.2 Å². The topological polar surface area (TPSA) is 16.1 Å². The molecule has 1 aliphatic heterocycles. The summed E-state index contributed by atoms with van der Waals surface area (Å²) in [7, 11) is 0. The van der Waals surface area contributed by atoms with E-state index in [2.05, 4.69) is 16.8 Å². The van der Waals surface area contributed by atoms with Crippen molar-refractivity contribution in [2.24, 2.45) is 5.92 Å². The van der Waals surface area contributed by atoms with Crippen LogP contribution in [0.25, 0.3) is 0 Å². The van der Waals surface area contributed by atoms with Crippen molar-refractivity contribution >= 4 is 5.69 Å². The molecule has 0 N–H and O–H groups in total. The first kappa shape index (κ1) is 11.4. The van der Waals surface area contributed by atoms with E-state index in [1.54, 1.807) is 6.20 Å². The standard InChI is InChI=1S/C13H19FN2/c1-2-4-11-7-12(14)10-16(9-11)13-5-3-6-15-8-13/h3,5-6,8,11-12H,2,4,7,9-10H2,1H3. The minimum absolute atomic E-state index is 0.494. The third-order valence-corrected chi connectivity index (χ3v) is 3.19. The molecule has 16 heavy (non-hydrogen) atoms. The molecule has 2 rings (SSSR count). The van der Waals surface area contributed by atoms with E-state index in [0.29, 0.717) is 12.5 Å². The number of anilines is 1. The third kappa shape index (κ3) is 2.71. The molecule has 2 heterocycles. The molecule has 1 aromatic rings. The quantitative estimate of drug-likeness (QED) is 0.781. The number of hydrogen-bond donors (Lipinski definition) is 0. The van der Waals surface area contributed by atoms with Crippen molar-refractivity contribution < 1.29 is 4.39 Å². The summed E-state index contributed by atoms with van der Waals surface area (Å²) in [6.45, 7) is 3.65. The minimum Gasteiger partial charge on any atom is -0.367 e. The van der Waals surface area contributed by atoms with Gasteiger partial charge in [-0.15, -0.1) is 0 Å². The molecule has 1 aliphatic rings. The molecule has 1 fully saturated rings. The Balaban J connectivity index is 2.04. The molecule has 0 radical (unpaired) electrons. The summed E-state index contributed by atoms with van der Waals surface area (Å²) in [6, 6.07) is 3.92. The van der Waals surface area contributed by atoms with E-state index in [9.17, 15) is 4.39 Å². The van der Waals surface area contributed by atoms with Crippen molar-refractivity contribution in [2.45, 2.75) is 32.4 Å². The molecule has 0 spiro atoms. The summed E-state index contributed by atoms with van der Waals surface area (Å²) < 4.78 is 13.6. The van der Waals surface area contributed by atoms with Gasteiger partial charge in [0.1, 0.15) is 6.17 Å². The Bertz CT molecular complexity index is 315. The lowest BCUT2D eigenvalue weighted by Crippen LogP contribution is -2.41. The first-order valence-electron chi connectivity index (χ1n) is 6.08. The van der Waals surface area contributed by atoms with E-state index in [1.807, 2.05) is 18.3 Å². The maximum atomic E-state index is 13.6. The van der Waals surface area contributed by atoms with E-state index >= 15 is 0 Å². The van der Waals surface area contributed by atoms with Gasteiger partial charge in [-0.2, -0.15) is 0 Å².